The van der Waals surface area contributed by atoms with Crippen molar-refractivity contribution in [1.82, 2.24) is 15.8 Å². The summed E-state index contributed by atoms with van der Waals surface area (Å²) in [7, 11) is 0. The highest BCUT2D eigenvalue weighted by atomic mass is 16.5. The lowest BCUT2D eigenvalue weighted by atomic mass is 10.0. The summed E-state index contributed by atoms with van der Waals surface area (Å²) in [5, 5.41) is 0. The van der Waals surface area contributed by atoms with E-state index in [1.54, 1.807) is 0 Å². The maximum Gasteiger partial charge on any atom is 0.245 e. The highest BCUT2D eigenvalue weighted by molar-refractivity contribution is 5.99. The Bertz CT molecular complexity index is 632. The second-order valence-electron chi connectivity index (χ2n) is 7.68. The van der Waals surface area contributed by atoms with Crippen LogP contribution in [-0.4, -0.2) is 62.3 Å². The summed E-state index contributed by atoms with van der Waals surface area (Å²) in [5.74, 6) is 0.585. The topological polar surface area (TPSA) is 56.8 Å². The Morgan fingerprint density at radius 3 is 2.85 bits per heavy atom. The number of fused-ring (bicyclic) bond motifs is 1. The molecule has 1 amide bonds. The van der Waals surface area contributed by atoms with E-state index in [2.05, 4.69) is 40.9 Å². The van der Waals surface area contributed by atoms with Gasteiger partial charge in [0.25, 0.3) is 0 Å². The quantitative estimate of drug-likeness (QED) is 0.835. The van der Waals surface area contributed by atoms with Gasteiger partial charge in [-0.3, -0.25) is 15.1 Å². The van der Waals surface area contributed by atoms with Crippen molar-refractivity contribution in [3.05, 3.63) is 29.8 Å². The average molecular weight is 358 g/mol. The number of anilines is 1. The number of nitrogens with one attached hydrogen (secondary N) is 2. The Labute approximate surface area is 155 Å². The van der Waals surface area contributed by atoms with Gasteiger partial charge in [0.1, 0.15) is 6.04 Å². The molecule has 6 nitrogen and oxygen atoms in total. The van der Waals surface area contributed by atoms with Crippen LogP contribution in [-0.2, 0) is 9.53 Å². The van der Waals surface area contributed by atoms with Gasteiger partial charge in [0, 0.05) is 43.8 Å². The molecule has 0 spiro atoms. The molecule has 0 saturated carbocycles. The van der Waals surface area contributed by atoms with Crippen LogP contribution in [0, 0.1) is 0 Å². The molecule has 2 fully saturated rings. The van der Waals surface area contributed by atoms with Crippen molar-refractivity contribution in [2.75, 3.05) is 44.3 Å². The molecular formula is C20H30N4O2. The van der Waals surface area contributed by atoms with E-state index in [-0.39, 0.29) is 11.9 Å². The van der Waals surface area contributed by atoms with Gasteiger partial charge >= 0.3 is 0 Å². The van der Waals surface area contributed by atoms with Crippen LogP contribution < -0.4 is 15.8 Å². The smallest absolute Gasteiger partial charge is 0.245 e. The zero-order chi connectivity index (χ0) is 17.9. The zero-order valence-corrected chi connectivity index (χ0v) is 15.6. The number of morpholine rings is 1. The van der Waals surface area contributed by atoms with Crippen molar-refractivity contribution in [2.45, 2.75) is 44.2 Å². The number of benzene rings is 1. The predicted octanol–water partition coefficient (Wildman–Crippen LogP) is 1.48. The highest BCUT2D eigenvalue weighted by Crippen LogP contribution is 2.37. The molecule has 3 unspecified atom stereocenters. The molecule has 0 bridgehead atoms. The Morgan fingerprint density at radius 1 is 1.23 bits per heavy atom. The van der Waals surface area contributed by atoms with Crippen LogP contribution in [0.3, 0.4) is 0 Å². The normalized spacial score (nSPS) is 29.1. The van der Waals surface area contributed by atoms with Gasteiger partial charge in [-0.15, -0.1) is 0 Å². The second kappa shape index (κ2) is 8.05. The van der Waals surface area contributed by atoms with Crippen LogP contribution in [0.1, 0.15) is 37.7 Å². The third kappa shape index (κ3) is 3.64. The van der Waals surface area contributed by atoms with Crippen LogP contribution in [0.5, 0.6) is 0 Å². The number of hydrogen-bond donors (Lipinski definition) is 2. The summed E-state index contributed by atoms with van der Waals surface area (Å²) in [6, 6.07) is 8.69. The van der Waals surface area contributed by atoms with E-state index >= 15 is 0 Å². The van der Waals surface area contributed by atoms with Crippen LogP contribution in [0.4, 0.5) is 5.69 Å². The molecule has 4 rings (SSSR count). The number of rotatable bonds is 5. The Balaban J connectivity index is 1.46. The lowest BCUT2D eigenvalue weighted by Crippen LogP contribution is -2.46. The number of hydrogen-bond acceptors (Lipinski definition) is 5. The summed E-state index contributed by atoms with van der Waals surface area (Å²) in [6.45, 7) is 7.56. The van der Waals surface area contributed by atoms with E-state index in [4.69, 9.17) is 4.74 Å². The summed E-state index contributed by atoms with van der Waals surface area (Å²) in [4.78, 5) is 17.7. The zero-order valence-electron chi connectivity index (χ0n) is 15.6. The number of hydrazine groups is 1. The lowest BCUT2D eigenvalue weighted by Gasteiger charge is -2.29. The Kier molecular flexibility index (Phi) is 5.55. The molecule has 6 heteroatoms. The number of carbonyl (C=O) groups is 1. The first-order valence-electron chi connectivity index (χ1n) is 9.97. The molecule has 0 aliphatic carbocycles. The van der Waals surface area contributed by atoms with Crippen molar-refractivity contribution in [3.63, 3.8) is 0 Å². The summed E-state index contributed by atoms with van der Waals surface area (Å²) < 4.78 is 5.47. The molecule has 2 N–H and O–H groups in total. The highest BCUT2D eigenvalue weighted by Gasteiger charge is 2.38. The van der Waals surface area contributed by atoms with E-state index in [1.165, 1.54) is 5.56 Å². The van der Waals surface area contributed by atoms with Crippen molar-refractivity contribution in [3.8, 4) is 0 Å². The third-order valence-electron chi connectivity index (χ3n) is 5.84. The molecule has 0 aromatic heterocycles. The minimum Gasteiger partial charge on any atom is -0.379 e. The first-order valence-corrected chi connectivity index (χ1v) is 9.97. The number of carbonyl (C=O) groups excluding carboxylic acids is 1. The van der Waals surface area contributed by atoms with Crippen molar-refractivity contribution in [2.24, 2.45) is 0 Å². The molecule has 1 aromatic rings. The van der Waals surface area contributed by atoms with E-state index in [9.17, 15) is 4.79 Å². The molecular weight excluding hydrogens is 328 g/mol. The summed E-state index contributed by atoms with van der Waals surface area (Å²) >= 11 is 0. The maximum absolute atomic E-state index is 13.2. The van der Waals surface area contributed by atoms with Gasteiger partial charge in [0.15, 0.2) is 0 Å². The fraction of sp³-hybridized carbons (Fsp3) is 0.650. The molecule has 0 radical (unpaired) electrons. The minimum absolute atomic E-state index is 0.123. The molecule has 1 aromatic carbocycles. The van der Waals surface area contributed by atoms with E-state index in [0.717, 1.165) is 64.3 Å². The molecule has 142 valence electrons. The van der Waals surface area contributed by atoms with Crippen molar-refractivity contribution < 1.29 is 9.53 Å². The van der Waals surface area contributed by atoms with Gasteiger partial charge in [-0.1, -0.05) is 31.5 Å². The fourth-order valence-electron chi connectivity index (χ4n) is 4.47. The Morgan fingerprint density at radius 2 is 2.04 bits per heavy atom. The van der Waals surface area contributed by atoms with Gasteiger partial charge in [0.2, 0.25) is 5.91 Å². The lowest BCUT2D eigenvalue weighted by molar-refractivity contribution is -0.120. The molecule has 3 aliphatic heterocycles. The van der Waals surface area contributed by atoms with Gasteiger partial charge in [0.05, 0.1) is 13.2 Å². The third-order valence-corrected chi connectivity index (χ3v) is 5.84. The first-order chi connectivity index (χ1) is 12.8. The average Bonchev–Trinajstić information content (AvgIpc) is 3.28. The summed E-state index contributed by atoms with van der Waals surface area (Å²) in [5.41, 5.74) is 8.92. The fourth-order valence-corrected chi connectivity index (χ4v) is 4.47. The van der Waals surface area contributed by atoms with E-state index < -0.39 is 0 Å². The minimum atomic E-state index is -0.123. The van der Waals surface area contributed by atoms with E-state index in [1.807, 2.05) is 11.0 Å². The van der Waals surface area contributed by atoms with Gasteiger partial charge in [-0.05, 0) is 24.5 Å². The number of ether oxygens (including phenoxy) is 1. The van der Waals surface area contributed by atoms with Crippen LogP contribution in [0.25, 0.3) is 0 Å². The molecule has 26 heavy (non-hydrogen) atoms. The predicted molar refractivity (Wildman–Crippen MR) is 102 cm³/mol. The number of para-hydroxylation sites is 1. The summed E-state index contributed by atoms with van der Waals surface area (Å²) in [6.07, 6.45) is 3.11. The van der Waals surface area contributed by atoms with Crippen molar-refractivity contribution >= 4 is 11.6 Å². The number of nitrogens with zero attached hydrogens (tertiary/aromatic N) is 2. The Hall–Kier alpha value is -1.47. The largest absolute Gasteiger partial charge is 0.379 e. The van der Waals surface area contributed by atoms with Gasteiger partial charge in [-0.25, -0.2) is 5.43 Å². The van der Waals surface area contributed by atoms with E-state index in [0.29, 0.717) is 12.0 Å². The molecule has 2 saturated heterocycles. The van der Waals surface area contributed by atoms with Gasteiger partial charge < -0.3 is 9.64 Å². The first kappa shape index (κ1) is 17.9. The van der Waals surface area contributed by atoms with Crippen LogP contribution in [0.15, 0.2) is 24.3 Å². The standard InChI is InChI=1S/C20H30N4O2/c1-2-5-16-12-18(22-21-16)20(25)24-14-15(13-23-8-10-26-11-9-23)17-6-3-4-7-19(17)24/h3-4,6-7,15-16,18,21-22H,2,5,8-14H2,1H3. The molecule has 3 atom stereocenters. The second-order valence-corrected chi connectivity index (χ2v) is 7.68. The number of amides is 1. The SMILES string of the molecule is CCCC1CC(C(=O)N2CC(CN3CCOCC3)c3ccccc32)NN1. The van der Waals surface area contributed by atoms with Crippen molar-refractivity contribution in [1.29, 1.82) is 0 Å². The van der Waals surface area contributed by atoms with Gasteiger partial charge in [-0.2, -0.15) is 0 Å². The maximum atomic E-state index is 13.2. The molecule has 3 aliphatic rings. The van der Waals surface area contributed by atoms with Crippen LogP contribution in [0.2, 0.25) is 0 Å². The monoisotopic (exact) mass is 358 g/mol. The molecule has 3 heterocycles. The van der Waals surface area contributed by atoms with Crippen LogP contribution >= 0.6 is 0 Å².